The van der Waals surface area contributed by atoms with E-state index in [4.69, 9.17) is 4.74 Å². The molecule has 1 saturated heterocycles. The summed E-state index contributed by atoms with van der Waals surface area (Å²) in [6.45, 7) is 1.61. The number of ether oxygens (including phenoxy) is 1. The van der Waals surface area contributed by atoms with Crippen molar-refractivity contribution in [1.82, 2.24) is 14.9 Å². The summed E-state index contributed by atoms with van der Waals surface area (Å²) >= 11 is 0. The number of hydrogen-bond acceptors (Lipinski definition) is 6. The summed E-state index contributed by atoms with van der Waals surface area (Å²) in [6, 6.07) is 14.3. The number of halogens is 2. The molecule has 0 saturated carbocycles. The van der Waals surface area contributed by atoms with Gasteiger partial charge >= 0.3 is 0 Å². The van der Waals surface area contributed by atoms with Crippen LogP contribution in [0.25, 0.3) is 0 Å². The highest BCUT2D eigenvalue weighted by Crippen LogP contribution is 2.23. The lowest BCUT2D eigenvalue weighted by atomic mass is 10.2. The minimum absolute atomic E-state index is 0.117. The molecule has 0 bridgehead atoms. The number of carbonyl (C=O) groups excluding carboxylic acids is 1. The van der Waals surface area contributed by atoms with Crippen LogP contribution in [0.3, 0.4) is 0 Å². The number of benzene rings is 1. The number of anilines is 3. The Balaban J connectivity index is 1.37. The van der Waals surface area contributed by atoms with Crippen molar-refractivity contribution in [3.05, 3.63) is 78.1 Å². The molecule has 9 heteroatoms. The quantitative estimate of drug-likeness (QED) is 0.629. The highest BCUT2D eigenvalue weighted by molar-refractivity contribution is 5.92. The van der Waals surface area contributed by atoms with E-state index >= 15 is 0 Å². The fraction of sp³-hybridized carbons (Fsp3) is 0.227. The largest absolute Gasteiger partial charge is 0.369 e. The van der Waals surface area contributed by atoms with Crippen LogP contribution in [0.15, 0.2) is 60.8 Å². The van der Waals surface area contributed by atoms with Crippen molar-refractivity contribution in [3.8, 4) is 0 Å². The number of para-hydroxylation sites is 1. The smallest absolute Gasteiger partial charge is 0.238 e. The molecule has 3 heterocycles. The maximum atomic E-state index is 13.7. The van der Waals surface area contributed by atoms with E-state index in [1.165, 1.54) is 24.3 Å². The number of pyridine rings is 2. The third-order valence-corrected chi connectivity index (χ3v) is 4.75. The lowest BCUT2D eigenvalue weighted by Gasteiger charge is -2.32. The molecule has 160 valence electrons. The van der Waals surface area contributed by atoms with E-state index in [0.717, 1.165) is 6.20 Å². The fourth-order valence-corrected chi connectivity index (χ4v) is 3.26. The predicted molar refractivity (Wildman–Crippen MR) is 112 cm³/mol. The first kappa shape index (κ1) is 20.8. The molecular formula is C22H21F2N5O2. The van der Waals surface area contributed by atoms with Crippen molar-refractivity contribution in [3.63, 3.8) is 0 Å². The molecule has 4 rings (SSSR count). The summed E-state index contributed by atoms with van der Waals surface area (Å²) in [5, 5.41) is 5.63. The van der Waals surface area contributed by atoms with Gasteiger partial charge in [-0.2, -0.15) is 0 Å². The minimum Gasteiger partial charge on any atom is -0.369 e. The van der Waals surface area contributed by atoms with Crippen LogP contribution in [0, 0.1) is 11.6 Å². The number of nitrogens with one attached hydrogen (secondary N) is 2. The SMILES string of the molecule is O=C(CN1CCO[C@@H](c2cccc(Nc3ccc(F)cn3)n2)C1)Nc1ccccc1F. The molecule has 0 radical (unpaired) electrons. The van der Waals surface area contributed by atoms with E-state index in [9.17, 15) is 13.6 Å². The molecule has 2 aromatic heterocycles. The number of carbonyl (C=O) groups is 1. The monoisotopic (exact) mass is 425 g/mol. The first-order valence-electron chi connectivity index (χ1n) is 9.81. The number of rotatable bonds is 6. The second-order valence-electron chi connectivity index (χ2n) is 7.06. The Morgan fingerprint density at radius 2 is 1.97 bits per heavy atom. The topological polar surface area (TPSA) is 79.4 Å². The Bertz CT molecular complexity index is 1050. The van der Waals surface area contributed by atoms with Crippen LogP contribution < -0.4 is 10.6 Å². The highest BCUT2D eigenvalue weighted by atomic mass is 19.1. The summed E-state index contributed by atoms with van der Waals surface area (Å²) in [5.41, 5.74) is 0.860. The predicted octanol–water partition coefficient (Wildman–Crippen LogP) is 3.51. The number of aromatic nitrogens is 2. The van der Waals surface area contributed by atoms with Crippen LogP contribution in [0.2, 0.25) is 0 Å². The van der Waals surface area contributed by atoms with Crippen LogP contribution >= 0.6 is 0 Å². The Hall–Kier alpha value is -3.43. The molecular weight excluding hydrogens is 404 g/mol. The zero-order chi connectivity index (χ0) is 21.6. The van der Waals surface area contributed by atoms with Crippen LogP contribution in [-0.4, -0.2) is 47.0 Å². The average Bonchev–Trinajstić information content (AvgIpc) is 2.77. The van der Waals surface area contributed by atoms with E-state index in [-0.39, 0.29) is 24.2 Å². The van der Waals surface area contributed by atoms with Gasteiger partial charge in [0.1, 0.15) is 29.4 Å². The molecule has 2 N–H and O–H groups in total. The molecule has 1 aliphatic rings. The van der Waals surface area contributed by atoms with Gasteiger partial charge in [0.25, 0.3) is 0 Å². The van der Waals surface area contributed by atoms with Crippen molar-refractivity contribution in [2.45, 2.75) is 6.10 Å². The van der Waals surface area contributed by atoms with E-state index in [0.29, 0.717) is 37.0 Å². The van der Waals surface area contributed by atoms with Gasteiger partial charge in [-0.15, -0.1) is 0 Å². The molecule has 31 heavy (non-hydrogen) atoms. The summed E-state index contributed by atoms with van der Waals surface area (Å²) in [7, 11) is 0. The average molecular weight is 425 g/mol. The Morgan fingerprint density at radius 1 is 1.10 bits per heavy atom. The lowest BCUT2D eigenvalue weighted by Crippen LogP contribution is -2.42. The first-order chi connectivity index (χ1) is 15.1. The van der Waals surface area contributed by atoms with Gasteiger partial charge in [0.05, 0.1) is 30.7 Å². The summed E-state index contributed by atoms with van der Waals surface area (Å²) in [5.74, 6) is -0.157. The van der Waals surface area contributed by atoms with Crippen molar-refractivity contribution in [1.29, 1.82) is 0 Å². The van der Waals surface area contributed by atoms with E-state index < -0.39 is 11.6 Å². The van der Waals surface area contributed by atoms with Gasteiger partial charge in [-0.1, -0.05) is 18.2 Å². The Kier molecular flexibility index (Phi) is 6.44. The Labute approximate surface area is 178 Å². The van der Waals surface area contributed by atoms with Crippen molar-refractivity contribution in [2.75, 3.05) is 36.9 Å². The first-order valence-corrected chi connectivity index (χ1v) is 9.81. The van der Waals surface area contributed by atoms with Crippen molar-refractivity contribution >= 4 is 23.2 Å². The molecule has 3 aromatic rings. The van der Waals surface area contributed by atoms with Gasteiger partial charge in [-0.3, -0.25) is 9.69 Å². The molecule has 1 atom stereocenters. The number of amides is 1. The van der Waals surface area contributed by atoms with Crippen LogP contribution in [-0.2, 0) is 9.53 Å². The molecule has 1 aromatic carbocycles. The third-order valence-electron chi connectivity index (χ3n) is 4.75. The van der Waals surface area contributed by atoms with Gasteiger partial charge in [0.2, 0.25) is 5.91 Å². The normalized spacial score (nSPS) is 16.6. The highest BCUT2D eigenvalue weighted by Gasteiger charge is 2.25. The van der Waals surface area contributed by atoms with Gasteiger partial charge in [0.15, 0.2) is 0 Å². The van der Waals surface area contributed by atoms with Gasteiger partial charge in [-0.25, -0.2) is 18.7 Å². The zero-order valence-corrected chi connectivity index (χ0v) is 16.6. The summed E-state index contributed by atoms with van der Waals surface area (Å²) in [6.07, 6.45) is 0.804. The second-order valence-corrected chi connectivity index (χ2v) is 7.06. The van der Waals surface area contributed by atoms with Gasteiger partial charge in [-0.05, 0) is 36.4 Å². The lowest BCUT2D eigenvalue weighted by molar-refractivity contribution is -0.119. The molecule has 1 amide bonds. The molecule has 7 nitrogen and oxygen atoms in total. The van der Waals surface area contributed by atoms with E-state index in [2.05, 4.69) is 20.6 Å². The molecule has 0 aliphatic carbocycles. The maximum absolute atomic E-state index is 13.7. The zero-order valence-electron chi connectivity index (χ0n) is 16.6. The van der Waals surface area contributed by atoms with Gasteiger partial charge < -0.3 is 15.4 Å². The fourth-order valence-electron chi connectivity index (χ4n) is 3.26. The summed E-state index contributed by atoms with van der Waals surface area (Å²) in [4.78, 5) is 22.8. The van der Waals surface area contributed by atoms with Crippen molar-refractivity contribution < 1.29 is 18.3 Å². The summed E-state index contributed by atoms with van der Waals surface area (Å²) < 4.78 is 32.6. The number of morpholine rings is 1. The van der Waals surface area contributed by atoms with E-state index in [1.807, 2.05) is 17.0 Å². The second kappa shape index (κ2) is 9.59. The maximum Gasteiger partial charge on any atom is 0.238 e. The Morgan fingerprint density at radius 3 is 2.77 bits per heavy atom. The molecule has 0 unspecified atom stereocenters. The molecule has 1 fully saturated rings. The van der Waals surface area contributed by atoms with Crippen LogP contribution in [0.5, 0.6) is 0 Å². The standard InChI is InChI=1S/C22H21F2N5O2/c23-15-8-9-20(25-12-15)28-21-7-3-6-18(26-21)19-13-29(10-11-31-19)14-22(30)27-17-5-2-1-4-16(17)24/h1-9,12,19H,10-11,13-14H2,(H,27,30)(H,25,26,28)/t19-/m1/s1. The van der Waals surface area contributed by atoms with Gasteiger partial charge in [0, 0.05) is 13.1 Å². The minimum atomic E-state index is -0.472. The van der Waals surface area contributed by atoms with Crippen LogP contribution in [0.1, 0.15) is 11.8 Å². The molecule has 0 spiro atoms. The molecule has 1 aliphatic heterocycles. The number of nitrogens with zero attached hydrogens (tertiary/aromatic N) is 3. The van der Waals surface area contributed by atoms with E-state index in [1.54, 1.807) is 18.2 Å². The van der Waals surface area contributed by atoms with Crippen LogP contribution in [0.4, 0.5) is 26.1 Å². The number of hydrogen-bond donors (Lipinski definition) is 2. The van der Waals surface area contributed by atoms with Crippen molar-refractivity contribution in [2.24, 2.45) is 0 Å². The third kappa shape index (κ3) is 5.59.